The van der Waals surface area contributed by atoms with E-state index in [9.17, 15) is 8.42 Å². The van der Waals surface area contributed by atoms with Crippen molar-refractivity contribution in [1.82, 2.24) is 4.72 Å². The number of hydrogen-bond acceptors (Lipinski definition) is 4. The minimum atomic E-state index is -3.61. The average molecular weight is 331 g/mol. The highest BCUT2D eigenvalue weighted by Gasteiger charge is 2.42. The standard InChI is InChI=1S/C14H19ClN2O3S/c1-8-6-10(7-11(16)13(8)15)21(18,19)17-12-4-5-20-14(12)9-2-3-9/h6-7,9,12,14,17H,2-5,16H2,1H3. The monoisotopic (exact) mass is 330 g/mol. The SMILES string of the molecule is Cc1cc(S(=O)(=O)NC2CCOC2C2CC2)cc(N)c1Cl. The van der Waals surface area contributed by atoms with Crippen LogP contribution in [0.1, 0.15) is 24.8 Å². The zero-order chi connectivity index (χ0) is 15.2. The molecule has 2 fully saturated rings. The number of rotatable bonds is 4. The average Bonchev–Trinajstić information content (AvgIpc) is 3.16. The molecule has 21 heavy (non-hydrogen) atoms. The van der Waals surface area contributed by atoms with Gasteiger partial charge in [-0.15, -0.1) is 0 Å². The van der Waals surface area contributed by atoms with Crippen LogP contribution in [0.25, 0.3) is 0 Å². The van der Waals surface area contributed by atoms with Crippen molar-refractivity contribution >= 4 is 27.3 Å². The molecule has 3 rings (SSSR count). The fourth-order valence-electron chi connectivity index (χ4n) is 2.81. The quantitative estimate of drug-likeness (QED) is 0.828. The van der Waals surface area contributed by atoms with E-state index in [0.29, 0.717) is 29.5 Å². The number of sulfonamides is 1. The number of nitrogens with one attached hydrogen (secondary N) is 1. The molecule has 0 bridgehead atoms. The summed E-state index contributed by atoms with van der Waals surface area (Å²) in [6.45, 7) is 2.35. The van der Waals surface area contributed by atoms with Gasteiger partial charge in [-0.25, -0.2) is 13.1 Å². The first-order valence-corrected chi connectivity index (χ1v) is 8.94. The summed E-state index contributed by atoms with van der Waals surface area (Å²) in [4.78, 5) is 0.156. The van der Waals surface area contributed by atoms with Crippen LogP contribution in [-0.4, -0.2) is 27.2 Å². The van der Waals surface area contributed by atoms with Crippen molar-refractivity contribution < 1.29 is 13.2 Å². The Morgan fingerprint density at radius 1 is 1.33 bits per heavy atom. The molecule has 7 heteroatoms. The molecule has 2 unspecified atom stereocenters. The Morgan fingerprint density at radius 2 is 2.05 bits per heavy atom. The number of ether oxygens (including phenoxy) is 1. The summed E-state index contributed by atoms with van der Waals surface area (Å²) in [7, 11) is -3.61. The molecule has 116 valence electrons. The summed E-state index contributed by atoms with van der Waals surface area (Å²) in [6, 6.07) is 2.79. The van der Waals surface area contributed by atoms with E-state index >= 15 is 0 Å². The van der Waals surface area contributed by atoms with Crippen LogP contribution in [0.3, 0.4) is 0 Å². The zero-order valence-electron chi connectivity index (χ0n) is 11.8. The Bertz CT molecular complexity index is 635. The highest BCUT2D eigenvalue weighted by atomic mass is 35.5. The number of halogens is 1. The van der Waals surface area contributed by atoms with E-state index in [-0.39, 0.29) is 22.7 Å². The van der Waals surface area contributed by atoms with Crippen molar-refractivity contribution in [1.29, 1.82) is 0 Å². The molecule has 1 aromatic carbocycles. The minimum absolute atomic E-state index is 0.00511. The molecular formula is C14H19ClN2O3S. The van der Waals surface area contributed by atoms with Gasteiger partial charge in [-0.05, 0) is 49.8 Å². The van der Waals surface area contributed by atoms with Crippen LogP contribution in [0.4, 0.5) is 5.69 Å². The van der Waals surface area contributed by atoms with Gasteiger partial charge >= 0.3 is 0 Å². The molecule has 1 saturated heterocycles. The molecule has 1 saturated carbocycles. The van der Waals surface area contributed by atoms with Crippen LogP contribution in [-0.2, 0) is 14.8 Å². The molecule has 3 N–H and O–H groups in total. The molecule has 5 nitrogen and oxygen atoms in total. The first kappa shape index (κ1) is 15.1. The Morgan fingerprint density at radius 3 is 2.67 bits per heavy atom. The van der Waals surface area contributed by atoms with Crippen molar-refractivity contribution in [2.45, 2.75) is 43.2 Å². The number of benzene rings is 1. The molecule has 0 aromatic heterocycles. The van der Waals surface area contributed by atoms with E-state index in [1.165, 1.54) is 6.07 Å². The Labute approximate surface area is 129 Å². The van der Waals surface area contributed by atoms with Gasteiger partial charge < -0.3 is 10.5 Å². The van der Waals surface area contributed by atoms with Gasteiger partial charge in [0.2, 0.25) is 10.0 Å². The number of nitrogen functional groups attached to an aromatic ring is 1. The van der Waals surface area contributed by atoms with Crippen molar-refractivity contribution in [3.8, 4) is 0 Å². The van der Waals surface area contributed by atoms with Crippen LogP contribution in [0.2, 0.25) is 5.02 Å². The van der Waals surface area contributed by atoms with E-state index in [1.54, 1.807) is 13.0 Å². The number of nitrogens with two attached hydrogens (primary N) is 1. The molecule has 0 radical (unpaired) electrons. The molecule has 0 amide bonds. The van der Waals surface area contributed by atoms with Crippen molar-refractivity contribution in [2.75, 3.05) is 12.3 Å². The second-order valence-corrected chi connectivity index (χ2v) is 7.92. The number of anilines is 1. The van der Waals surface area contributed by atoms with Crippen molar-refractivity contribution in [3.63, 3.8) is 0 Å². The summed E-state index contributed by atoms with van der Waals surface area (Å²) < 4.78 is 33.5. The van der Waals surface area contributed by atoms with Gasteiger partial charge in [-0.1, -0.05) is 11.6 Å². The van der Waals surface area contributed by atoms with E-state index in [2.05, 4.69) is 4.72 Å². The normalized spacial score (nSPS) is 26.2. The Hall–Kier alpha value is -0.820. The molecular weight excluding hydrogens is 312 g/mol. The largest absolute Gasteiger partial charge is 0.397 e. The smallest absolute Gasteiger partial charge is 0.240 e. The van der Waals surface area contributed by atoms with Gasteiger partial charge in [-0.2, -0.15) is 0 Å². The Kier molecular flexibility index (Phi) is 3.90. The minimum Gasteiger partial charge on any atom is -0.397 e. The third-order valence-corrected chi connectivity index (χ3v) is 6.08. The van der Waals surface area contributed by atoms with E-state index in [4.69, 9.17) is 22.1 Å². The first-order valence-electron chi connectivity index (χ1n) is 7.08. The summed E-state index contributed by atoms with van der Waals surface area (Å²) in [5.41, 5.74) is 6.69. The summed E-state index contributed by atoms with van der Waals surface area (Å²) in [5, 5.41) is 0.397. The topological polar surface area (TPSA) is 81.4 Å². The maximum Gasteiger partial charge on any atom is 0.240 e. The van der Waals surface area contributed by atoms with E-state index < -0.39 is 10.0 Å². The van der Waals surface area contributed by atoms with Crippen molar-refractivity contribution in [2.24, 2.45) is 5.92 Å². The fourth-order valence-corrected chi connectivity index (χ4v) is 4.32. The second kappa shape index (κ2) is 5.43. The van der Waals surface area contributed by atoms with Gasteiger partial charge in [0.15, 0.2) is 0 Å². The molecule has 0 spiro atoms. The van der Waals surface area contributed by atoms with Crippen LogP contribution in [0.15, 0.2) is 17.0 Å². The fraction of sp³-hybridized carbons (Fsp3) is 0.571. The lowest BCUT2D eigenvalue weighted by Gasteiger charge is -2.20. The number of hydrogen-bond donors (Lipinski definition) is 2. The Balaban J connectivity index is 1.83. The van der Waals surface area contributed by atoms with Gasteiger partial charge in [0, 0.05) is 6.61 Å². The molecule has 2 atom stereocenters. The summed E-state index contributed by atoms with van der Waals surface area (Å²) in [6.07, 6.45) is 2.96. The third kappa shape index (κ3) is 3.04. The second-order valence-electron chi connectivity index (χ2n) is 5.83. The van der Waals surface area contributed by atoms with E-state index in [0.717, 1.165) is 12.8 Å². The summed E-state index contributed by atoms with van der Waals surface area (Å²) >= 11 is 5.98. The van der Waals surface area contributed by atoms with Crippen LogP contribution >= 0.6 is 11.6 Å². The molecule has 1 aliphatic heterocycles. The van der Waals surface area contributed by atoms with Crippen LogP contribution in [0.5, 0.6) is 0 Å². The van der Waals surface area contributed by atoms with Crippen LogP contribution < -0.4 is 10.5 Å². The van der Waals surface area contributed by atoms with Crippen molar-refractivity contribution in [3.05, 3.63) is 22.7 Å². The highest BCUT2D eigenvalue weighted by molar-refractivity contribution is 7.89. The maximum absolute atomic E-state index is 12.5. The lowest BCUT2D eigenvalue weighted by Crippen LogP contribution is -2.41. The van der Waals surface area contributed by atoms with Gasteiger partial charge in [0.25, 0.3) is 0 Å². The predicted octanol–water partition coefficient (Wildman–Crippen LogP) is 2.08. The molecule has 2 aliphatic rings. The summed E-state index contributed by atoms with van der Waals surface area (Å²) in [5.74, 6) is 0.497. The van der Waals surface area contributed by atoms with Crippen LogP contribution in [0, 0.1) is 12.8 Å². The maximum atomic E-state index is 12.5. The molecule has 1 heterocycles. The zero-order valence-corrected chi connectivity index (χ0v) is 13.4. The van der Waals surface area contributed by atoms with Gasteiger partial charge in [-0.3, -0.25) is 0 Å². The van der Waals surface area contributed by atoms with E-state index in [1.807, 2.05) is 0 Å². The molecule has 1 aromatic rings. The molecule has 1 aliphatic carbocycles. The first-order chi connectivity index (χ1) is 9.88. The third-order valence-electron chi connectivity index (χ3n) is 4.10. The lowest BCUT2D eigenvalue weighted by atomic mass is 10.1. The van der Waals surface area contributed by atoms with Gasteiger partial charge in [0.1, 0.15) is 0 Å². The lowest BCUT2D eigenvalue weighted by molar-refractivity contribution is 0.0848. The highest BCUT2D eigenvalue weighted by Crippen LogP contribution is 2.39. The predicted molar refractivity (Wildman–Crippen MR) is 81.8 cm³/mol. The van der Waals surface area contributed by atoms with Gasteiger partial charge in [0.05, 0.1) is 27.8 Å². The number of aryl methyl sites for hydroxylation is 1.